The Balaban J connectivity index is 1.10. The molecule has 2 heterocycles. The topological polar surface area (TPSA) is 63.8 Å². The number of hydrogen-bond donors (Lipinski definition) is 1. The molecule has 2 aromatic heterocycles. The predicted octanol–water partition coefficient (Wildman–Crippen LogP) is 13.7. The Morgan fingerprint density at radius 1 is 0.561 bits per heavy atom. The molecule has 5 heteroatoms. The summed E-state index contributed by atoms with van der Waals surface area (Å²) in [6, 6.07) is 61.5. The maximum atomic E-state index is 6.55. The van der Waals surface area contributed by atoms with Crippen LogP contribution >= 0.6 is 0 Å². The van der Waals surface area contributed by atoms with Gasteiger partial charge in [-0.2, -0.15) is 0 Å². The van der Waals surface area contributed by atoms with E-state index in [2.05, 4.69) is 122 Å². The minimum atomic E-state index is 0.585. The molecule has 0 aliphatic heterocycles. The fourth-order valence-corrected chi connectivity index (χ4v) is 7.26. The average Bonchev–Trinajstić information content (AvgIpc) is 3.66. The van der Waals surface area contributed by atoms with Crippen LogP contribution in [-0.2, 0) is 0 Å². The van der Waals surface area contributed by atoms with Crippen molar-refractivity contribution in [3.8, 4) is 34.2 Å². The largest absolute Gasteiger partial charge is 0.456 e. The monoisotopic (exact) mass is 734 g/mol. The molecule has 5 nitrogen and oxygen atoms in total. The number of allylic oxidation sites excluding steroid dienone is 5. The fraction of sp³-hybridized carbons (Fsp3) is 0.0192. The number of nitrogens with zero attached hydrogens (tertiary/aromatic N) is 3. The van der Waals surface area contributed by atoms with Crippen LogP contribution in [0.2, 0.25) is 0 Å². The SMILES string of the molecule is C=C(/C(=C\C(=C/C)c1ccccc1)c1ccccc1)c1ccccc1Nc1ccc2c(c1)oc1cccc(-c3nc(-c4ccccc4)nc(-c4ccccc4)n3)c12. The Labute approximate surface area is 332 Å². The van der Waals surface area contributed by atoms with Crippen molar-refractivity contribution in [2.45, 2.75) is 6.92 Å². The summed E-state index contributed by atoms with van der Waals surface area (Å²) >= 11 is 0. The van der Waals surface area contributed by atoms with Crippen LogP contribution in [0.1, 0.15) is 23.6 Å². The molecule has 0 saturated heterocycles. The Hall–Kier alpha value is -7.63. The number of furan rings is 1. The van der Waals surface area contributed by atoms with Crippen LogP contribution in [0.15, 0.2) is 205 Å². The molecule has 0 aliphatic carbocycles. The normalized spacial score (nSPS) is 11.9. The minimum Gasteiger partial charge on any atom is -0.456 e. The van der Waals surface area contributed by atoms with Crippen LogP contribution in [-0.4, -0.2) is 15.0 Å². The second kappa shape index (κ2) is 15.6. The van der Waals surface area contributed by atoms with E-state index in [1.54, 1.807) is 0 Å². The summed E-state index contributed by atoms with van der Waals surface area (Å²) in [4.78, 5) is 14.9. The molecule has 1 N–H and O–H groups in total. The number of para-hydroxylation sites is 1. The van der Waals surface area contributed by atoms with Gasteiger partial charge in [-0.25, -0.2) is 15.0 Å². The zero-order valence-corrected chi connectivity index (χ0v) is 31.4. The number of benzene rings is 7. The molecule has 0 radical (unpaired) electrons. The van der Waals surface area contributed by atoms with Crippen LogP contribution in [0, 0.1) is 0 Å². The summed E-state index contributed by atoms with van der Waals surface area (Å²) in [5.74, 6) is 1.81. The van der Waals surface area contributed by atoms with Gasteiger partial charge in [0.25, 0.3) is 0 Å². The van der Waals surface area contributed by atoms with Gasteiger partial charge in [-0.3, -0.25) is 0 Å². The van der Waals surface area contributed by atoms with Gasteiger partial charge in [0.1, 0.15) is 11.2 Å². The summed E-state index contributed by atoms with van der Waals surface area (Å²) in [6.07, 6.45) is 4.38. The lowest BCUT2D eigenvalue weighted by Crippen LogP contribution is -2.00. The third-order valence-electron chi connectivity index (χ3n) is 10.1. The molecule has 0 spiro atoms. The highest BCUT2D eigenvalue weighted by Gasteiger charge is 2.19. The van der Waals surface area contributed by atoms with E-state index >= 15 is 0 Å². The maximum Gasteiger partial charge on any atom is 0.164 e. The summed E-state index contributed by atoms with van der Waals surface area (Å²) in [5.41, 5.74) is 12.4. The van der Waals surface area contributed by atoms with Crippen LogP contribution in [0.4, 0.5) is 11.4 Å². The lowest BCUT2D eigenvalue weighted by atomic mass is 9.89. The van der Waals surface area contributed by atoms with E-state index in [0.29, 0.717) is 17.5 Å². The van der Waals surface area contributed by atoms with Crippen LogP contribution in [0.5, 0.6) is 0 Å². The third kappa shape index (κ3) is 7.18. The summed E-state index contributed by atoms with van der Waals surface area (Å²) in [7, 11) is 0. The maximum absolute atomic E-state index is 6.55. The van der Waals surface area contributed by atoms with Crippen LogP contribution in [0.25, 0.3) is 72.8 Å². The average molecular weight is 735 g/mol. The van der Waals surface area contributed by atoms with Gasteiger partial charge in [0.15, 0.2) is 17.5 Å². The first-order valence-electron chi connectivity index (χ1n) is 19.0. The number of aromatic nitrogens is 3. The van der Waals surface area contributed by atoms with Gasteiger partial charge in [-0.1, -0.05) is 164 Å². The Bertz CT molecular complexity index is 2870. The van der Waals surface area contributed by atoms with E-state index in [9.17, 15) is 0 Å². The zero-order chi connectivity index (χ0) is 38.6. The standard InChI is InChI=1S/C52H38N4O/c1-3-36(37-19-8-4-9-20-37)33-45(38-21-10-5-11-22-38)35(2)42-27-16-17-29-46(42)53-41-31-32-43-48(34-41)57-47-30-18-28-44(49(43)47)52-55-50(39-23-12-6-13-24-39)54-51(56-52)40-25-14-7-15-26-40/h3-34,53H,2H2,1H3/b36-3+,45-33+. The van der Waals surface area contributed by atoms with E-state index in [-0.39, 0.29) is 0 Å². The molecule has 7 aromatic carbocycles. The van der Waals surface area contributed by atoms with E-state index in [1.807, 2.05) is 91.0 Å². The van der Waals surface area contributed by atoms with Gasteiger partial charge < -0.3 is 9.73 Å². The molecule has 0 bridgehead atoms. The van der Waals surface area contributed by atoms with Crippen molar-refractivity contribution >= 4 is 50.0 Å². The Morgan fingerprint density at radius 3 is 1.79 bits per heavy atom. The molecule has 9 aromatic rings. The number of rotatable bonds is 10. The first-order valence-corrected chi connectivity index (χ1v) is 19.0. The lowest BCUT2D eigenvalue weighted by Gasteiger charge is -2.18. The highest BCUT2D eigenvalue weighted by atomic mass is 16.3. The predicted molar refractivity (Wildman–Crippen MR) is 237 cm³/mol. The van der Waals surface area contributed by atoms with Crippen molar-refractivity contribution in [2.75, 3.05) is 5.32 Å². The molecule has 0 fully saturated rings. The fourth-order valence-electron chi connectivity index (χ4n) is 7.26. The highest BCUT2D eigenvalue weighted by molar-refractivity contribution is 6.13. The quantitative estimate of drug-likeness (QED) is 0.142. The first-order chi connectivity index (χ1) is 28.1. The number of anilines is 2. The molecule has 57 heavy (non-hydrogen) atoms. The van der Waals surface area contributed by atoms with E-state index in [0.717, 1.165) is 83.4 Å². The summed E-state index contributed by atoms with van der Waals surface area (Å²) < 4.78 is 6.55. The molecule has 0 unspecified atom stereocenters. The number of fused-ring (bicyclic) bond motifs is 3. The molecule has 0 amide bonds. The van der Waals surface area contributed by atoms with Crippen molar-refractivity contribution < 1.29 is 4.42 Å². The zero-order valence-electron chi connectivity index (χ0n) is 31.4. The number of nitrogens with one attached hydrogen (secondary N) is 1. The van der Waals surface area contributed by atoms with Crippen LogP contribution < -0.4 is 5.32 Å². The van der Waals surface area contributed by atoms with E-state index in [4.69, 9.17) is 19.4 Å². The van der Waals surface area contributed by atoms with Gasteiger partial charge in [-0.15, -0.1) is 0 Å². The molecule has 9 rings (SSSR count). The smallest absolute Gasteiger partial charge is 0.164 e. The van der Waals surface area contributed by atoms with E-state index in [1.165, 1.54) is 0 Å². The molecule has 272 valence electrons. The van der Waals surface area contributed by atoms with Crippen molar-refractivity contribution in [2.24, 2.45) is 0 Å². The van der Waals surface area contributed by atoms with Crippen molar-refractivity contribution in [1.82, 2.24) is 15.0 Å². The van der Waals surface area contributed by atoms with Gasteiger partial charge in [-0.05, 0) is 65.1 Å². The first kappa shape index (κ1) is 35.1. The third-order valence-corrected chi connectivity index (χ3v) is 10.1. The molecule has 0 atom stereocenters. The van der Waals surface area contributed by atoms with Crippen molar-refractivity contribution in [3.63, 3.8) is 0 Å². The molecular formula is C52H38N4O. The Morgan fingerprint density at radius 2 is 1.14 bits per heavy atom. The molecule has 0 saturated carbocycles. The second-order valence-electron chi connectivity index (χ2n) is 13.7. The lowest BCUT2D eigenvalue weighted by molar-refractivity contribution is 0.669. The van der Waals surface area contributed by atoms with Gasteiger partial charge >= 0.3 is 0 Å². The second-order valence-corrected chi connectivity index (χ2v) is 13.7. The molecule has 0 aliphatic rings. The van der Waals surface area contributed by atoms with Gasteiger partial charge in [0.05, 0.1) is 0 Å². The minimum absolute atomic E-state index is 0.585. The van der Waals surface area contributed by atoms with Crippen molar-refractivity contribution in [3.05, 3.63) is 217 Å². The molecular weight excluding hydrogens is 697 g/mol. The van der Waals surface area contributed by atoms with E-state index < -0.39 is 0 Å². The Kier molecular flexibility index (Phi) is 9.61. The van der Waals surface area contributed by atoms with Crippen LogP contribution in [0.3, 0.4) is 0 Å². The van der Waals surface area contributed by atoms with Gasteiger partial charge in [0, 0.05) is 50.5 Å². The number of hydrogen-bond acceptors (Lipinski definition) is 5. The summed E-state index contributed by atoms with van der Waals surface area (Å²) in [5, 5.41) is 5.62. The highest BCUT2D eigenvalue weighted by Crippen LogP contribution is 2.40. The summed E-state index contributed by atoms with van der Waals surface area (Å²) in [6.45, 7) is 6.76. The van der Waals surface area contributed by atoms with Crippen molar-refractivity contribution in [1.29, 1.82) is 0 Å². The van der Waals surface area contributed by atoms with Gasteiger partial charge in [0.2, 0.25) is 0 Å².